The van der Waals surface area contributed by atoms with Crippen molar-refractivity contribution in [1.82, 2.24) is 9.88 Å². The van der Waals surface area contributed by atoms with E-state index in [2.05, 4.69) is 41.5 Å². The lowest BCUT2D eigenvalue weighted by Crippen LogP contribution is -2.39. The van der Waals surface area contributed by atoms with Crippen molar-refractivity contribution in [1.29, 1.82) is 0 Å². The third-order valence-corrected chi connectivity index (χ3v) is 6.31. The molecule has 8 heteroatoms. The van der Waals surface area contributed by atoms with Gasteiger partial charge in [-0.05, 0) is 25.5 Å². The van der Waals surface area contributed by atoms with Gasteiger partial charge < -0.3 is 15.3 Å². The number of benzene rings is 1. The molecular formula is C18H21N3O3S2. The van der Waals surface area contributed by atoms with Gasteiger partial charge in [-0.2, -0.15) is 0 Å². The molecule has 138 valence electrons. The summed E-state index contributed by atoms with van der Waals surface area (Å²) in [6, 6.07) is 8.42. The quantitative estimate of drug-likeness (QED) is 0.672. The number of aryl methyl sites for hydroxylation is 1. The number of hydrogen-bond donors (Lipinski definition) is 2. The number of nitrogens with one attached hydrogen (secondary N) is 1. The van der Waals surface area contributed by atoms with Crippen molar-refractivity contribution in [3.8, 4) is 0 Å². The second-order valence-electron chi connectivity index (χ2n) is 6.18. The van der Waals surface area contributed by atoms with Crippen molar-refractivity contribution >= 4 is 40.7 Å². The first-order valence-electron chi connectivity index (χ1n) is 8.44. The smallest absolute Gasteiger partial charge is 0.355 e. The predicted molar refractivity (Wildman–Crippen MR) is 104 cm³/mol. The van der Waals surface area contributed by atoms with Crippen LogP contribution in [0.25, 0.3) is 0 Å². The van der Waals surface area contributed by atoms with Crippen molar-refractivity contribution < 1.29 is 14.7 Å². The molecule has 0 unspecified atom stereocenters. The van der Waals surface area contributed by atoms with Gasteiger partial charge in [-0.3, -0.25) is 4.79 Å². The van der Waals surface area contributed by atoms with E-state index in [1.807, 2.05) is 4.90 Å². The predicted octanol–water partition coefficient (Wildman–Crippen LogP) is 3.34. The monoisotopic (exact) mass is 391 g/mol. The lowest BCUT2D eigenvalue weighted by atomic mass is 10.2. The molecule has 0 bridgehead atoms. The number of carbonyl (C=O) groups excluding carboxylic acids is 1. The number of anilines is 1. The minimum Gasteiger partial charge on any atom is -0.476 e. The van der Waals surface area contributed by atoms with Crippen LogP contribution in [-0.4, -0.2) is 51.8 Å². The molecule has 0 spiro atoms. The Kier molecular flexibility index (Phi) is 6.16. The second-order valence-corrected chi connectivity index (χ2v) is 8.38. The minimum atomic E-state index is -1.01. The molecule has 1 aromatic heterocycles. The van der Waals surface area contributed by atoms with E-state index >= 15 is 0 Å². The number of aromatic carboxylic acids is 1. The summed E-state index contributed by atoms with van der Waals surface area (Å²) in [7, 11) is 0. The summed E-state index contributed by atoms with van der Waals surface area (Å²) in [5, 5.41) is 13.9. The Morgan fingerprint density at radius 3 is 2.88 bits per heavy atom. The van der Waals surface area contributed by atoms with Crippen molar-refractivity contribution in [3.05, 3.63) is 40.9 Å². The van der Waals surface area contributed by atoms with Crippen LogP contribution < -0.4 is 5.32 Å². The number of carboxylic acid groups (broad SMARTS) is 1. The van der Waals surface area contributed by atoms with Gasteiger partial charge in [-0.1, -0.05) is 29.5 Å². The van der Waals surface area contributed by atoms with Gasteiger partial charge in [0, 0.05) is 42.4 Å². The lowest BCUT2D eigenvalue weighted by molar-refractivity contribution is -0.128. The molecular weight excluding hydrogens is 370 g/mol. The zero-order chi connectivity index (χ0) is 18.5. The lowest BCUT2D eigenvalue weighted by Gasteiger charge is -2.25. The minimum absolute atomic E-state index is 0.0786. The molecule has 1 aliphatic heterocycles. The average molecular weight is 392 g/mol. The maximum atomic E-state index is 12.2. The SMILES string of the molecule is Cc1ccc(NC[C@H]2CCC(=O)N2CCSc2nc(C(=O)O)cs2)cc1. The van der Waals surface area contributed by atoms with Crippen molar-refractivity contribution in [2.24, 2.45) is 0 Å². The number of amides is 1. The number of thiazole rings is 1. The van der Waals surface area contributed by atoms with Gasteiger partial charge in [-0.25, -0.2) is 9.78 Å². The highest BCUT2D eigenvalue weighted by molar-refractivity contribution is 8.01. The molecule has 1 aliphatic rings. The standard InChI is InChI=1S/C18H21N3O3S2/c1-12-2-4-13(5-3-12)19-10-14-6-7-16(22)21(14)8-9-25-18-20-15(11-26-18)17(23)24/h2-5,11,14,19H,6-10H2,1H3,(H,23,24)/t14-/m1/s1. The van der Waals surface area contributed by atoms with Crippen LogP contribution in [0.2, 0.25) is 0 Å². The Morgan fingerprint density at radius 1 is 1.42 bits per heavy atom. The highest BCUT2D eigenvalue weighted by atomic mass is 32.2. The summed E-state index contributed by atoms with van der Waals surface area (Å²) >= 11 is 2.82. The number of carbonyl (C=O) groups is 2. The van der Waals surface area contributed by atoms with Crippen molar-refractivity contribution in [3.63, 3.8) is 0 Å². The molecule has 3 rings (SSSR count). The largest absolute Gasteiger partial charge is 0.476 e. The molecule has 0 aliphatic carbocycles. The van der Waals surface area contributed by atoms with Crippen LogP contribution in [-0.2, 0) is 4.79 Å². The fourth-order valence-electron chi connectivity index (χ4n) is 2.87. The van der Waals surface area contributed by atoms with Crippen LogP contribution in [0.1, 0.15) is 28.9 Å². The topological polar surface area (TPSA) is 82.5 Å². The average Bonchev–Trinajstić information content (AvgIpc) is 3.23. The zero-order valence-electron chi connectivity index (χ0n) is 14.5. The Morgan fingerprint density at radius 2 is 2.19 bits per heavy atom. The van der Waals surface area contributed by atoms with E-state index < -0.39 is 5.97 Å². The van der Waals surface area contributed by atoms with Gasteiger partial charge in [0.1, 0.15) is 0 Å². The highest BCUT2D eigenvalue weighted by Crippen LogP contribution is 2.25. The van der Waals surface area contributed by atoms with Crippen LogP contribution in [0, 0.1) is 6.92 Å². The number of carboxylic acids is 1. The van der Waals surface area contributed by atoms with E-state index in [0.29, 0.717) is 18.7 Å². The number of hydrogen-bond acceptors (Lipinski definition) is 6. The summed E-state index contributed by atoms with van der Waals surface area (Å²) in [6.45, 7) is 3.44. The number of likely N-dealkylation sites (tertiary alicyclic amines) is 1. The maximum absolute atomic E-state index is 12.2. The number of aromatic nitrogens is 1. The third-order valence-electron chi connectivity index (χ3n) is 4.31. The maximum Gasteiger partial charge on any atom is 0.355 e. The molecule has 0 saturated carbocycles. The van der Waals surface area contributed by atoms with Gasteiger partial charge in [0.15, 0.2) is 10.0 Å². The Hall–Kier alpha value is -2.06. The van der Waals surface area contributed by atoms with E-state index in [9.17, 15) is 9.59 Å². The summed E-state index contributed by atoms with van der Waals surface area (Å²) in [5.41, 5.74) is 2.36. The molecule has 2 N–H and O–H groups in total. The number of thioether (sulfide) groups is 1. The van der Waals surface area contributed by atoms with Crippen LogP contribution in [0.4, 0.5) is 5.69 Å². The summed E-state index contributed by atoms with van der Waals surface area (Å²) in [5.74, 6) is -0.115. The van der Waals surface area contributed by atoms with Gasteiger partial charge in [0.2, 0.25) is 5.91 Å². The van der Waals surface area contributed by atoms with Crippen LogP contribution in [0.5, 0.6) is 0 Å². The summed E-state index contributed by atoms with van der Waals surface area (Å²) in [6.07, 6.45) is 1.45. The molecule has 1 saturated heterocycles. The zero-order valence-corrected chi connectivity index (χ0v) is 16.1. The van der Waals surface area contributed by atoms with Gasteiger partial charge in [0.05, 0.1) is 0 Å². The van der Waals surface area contributed by atoms with Crippen LogP contribution >= 0.6 is 23.1 Å². The first-order chi connectivity index (χ1) is 12.5. The number of nitrogens with zero attached hydrogens (tertiary/aromatic N) is 2. The van der Waals surface area contributed by atoms with E-state index in [1.165, 1.54) is 28.7 Å². The molecule has 1 aromatic carbocycles. The van der Waals surface area contributed by atoms with Gasteiger partial charge >= 0.3 is 5.97 Å². The molecule has 1 atom stereocenters. The Bertz CT molecular complexity index is 776. The third kappa shape index (κ3) is 4.76. The Labute approximate surface area is 160 Å². The summed E-state index contributed by atoms with van der Waals surface area (Å²) < 4.78 is 0.725. The molecule has 6 nitrogen and oxygen atoms in total. The first kappa shape index (κ1) is 18.7. The van der Waals surface area contributed by atoms with Gasteiger partial charge in [-0.15, -0.1) is 11.3 Å². The van der Waals surface area contributed by atoms with E-state index in [4.69, 9.17) is 5.11 Å². The fourth-order valence-corrected chi connectivity index (χ4v) is 4.68. The number of rotatable bonds is 8. The molecule has 2 aromatic rings. The Balaban J connectivity index is 1.49. The molecule has 26 heavy (non-hydrogen) atoms. The van der Waals surface area contributed by atoms with E-state index in [0.717, 1.165) is 23.0 Å². The van der Waals surface area contributed by atoms with E-state index in [1.54, 1.807) is 5.38 Å². The molecule has 2 heterocycles. The van der Waals surface area contributed by atoms with Crippen molar-refractivity contribution in [2.45, 2.75) is 30.1 Å². The second kappa shape index (κ2) is 8.55. The molecule has 1 fully saturated rings. The fraction of sp³-hybridized carbons (Fsp3) is 0.389. The highest BCUT2D eigenvalue weighted by Gasteiger charge is 2.30. The van der Waals surface area contributed by atoms with E-state index in [-0.39, 0.29) is 17.6 Å². The van der Waals surface area contributed by atoms with Crippen LogP contribution in [0.15, 0.2) is 34.0 Å². The first-order valence-corrected chi connectivity index (χ1v) is 10.3. The van der Waals surface area contributed by atoms with Crippen LogP contribution in [0.3, 0.4) is 0 Å². The van der Waals surface area contributed by atoms with Gasteiger partial charge in [0.25, 0.3) is 0 Å². The summed E-state index contributed by atoms with van der Waals surface area (Å²) in [4.78, 5) is 29.0. The molecule has 1 amide bonds. The normalized spacial score (nSPS) is 16.9. The van der Waals surface area contributed by atoms with Crippen molar-refractivity contribution in [2.75, 3.05) is 24.2 Å². The molecule has 0 radical (unpaired) electrons.